The lowest BCUT2D eigenvalue weighted by molar-refractivity contribution is -0.179. The van der Waals surface area contributed by atoms with Crippen LogP contribution in [0.3, 0.4) is 0 Å². The van der Waals surface area contributed by atoms with Crippen molar-refractivity contribution in [1.82, 2.24) is 0 Å². The van der Waals surface area contributed by atoms with E-state index < -0.39 is 5.60 Å². The molecular formula is C21H30O4. The number of hydrogen-bond acceptors (Lipinski definition) is 4. The van der Waals surface area contributed by atoms with Crippen LogP contribution in [0.1, 0.15) is 46.0 Å². The number of aliphatic hydroxyl groups excluding tert-OH is 1. The molecule has 1 heterocycles. The molecule has 5 rings (SSSR count). The van der Waals surface area contributed by atoms with Gasteiger partial charge in [0.15, 0.2) is 0 Å². The number of fused-ring (bicyclic) bond motifs is 9. The number of carbonyl (C=O) groups excluding carboxylic acids is 1. The van der Waals surface area contributed by atoms with Crippen molar-refractivity contribution in [1.29, 1.82) is 0 Å². The summed E-state index contributed by atoms with van der Waals surface area (Å²) in [5.41, 5.74) is -0.614. The van der Waals surface area contributed by atoms with Crippen molar-refractivity contribution in [3.05, 3.63) is 12.2 Å². The van der Waals surface area contributed by atoms with E-state index in [1.807, 2.05) is 13.8 Å². The Labute approximate surface area is 150 Å². The van der Waals surface area contributed by atoms with Gasteiger partial charge in [0, 0.05) is 0 Å². The number of esters is 1. The second-order valence-corrected chi connectivity index (χ2v) is 9.64. The van der Waals surface area contributed by atoms with Crippen molar-refractivity contribution in [2.75, 3.05) is 6.61 Å². The minimum Gasteiger partial charge on any atom is -0.457 e. The quantitative estimate of drug-likeness (QED) is 0.483. The molecule has 5 aliphatic rings. The summed E-state index contributed by atoms with van der Waals surface area (Å²) in [6.07, 6.45) is 9.93. The van der Waals surface area contributed by atoms with Gasteiger partial charge in [-0.2, -0.15) is 0 Å². The topological polar surface area (TPSA) is 55.8 Å². The zero-order valence-electron chi connectivity index (χ0n) is 15.3. The maximum atomic E-state index is 13.0. The largest absolute Gasteiger partial charge is 0.457 e. The number of allylic oxidation sites excluding steroid dienone is 2. The van der Waals surface area contributed by atoms with Crippen molar-refractivity contribution < 1.29 is 19.4 Å². The Bertz CT molecular complexity index is 597. The molecular weight excluding hydrogens is 316 g/mol. The molecule has 4 bridgehead atoms. The molecule has 1 saturated heterocycles. The molecule has 1 N–H and O–H groups in total. The van der Waals surface area contributed by atoms with Crippen LogP contribution < -0.4 is 0 Å². The molecule has 4 heteroatoms. The van der Waals surface area contributed by atoms with Gasteiger partial charge in [0.1, 0.15) is 5.60 Å². The smallest absolute Gasteiger partial charge is 0.309 e. The second-order valence-electron chi connectivity index (χ2n) is 9.64. The molecule has 0 spiro atoms. The highest BCUT2D eigenvalue weighted by Crippen LogP contribution is 2.67. The van der Waals surface area contributed by atoms with E-state index in [0.717, 1.165) is 48.9 Å². The third kappa shape index (κ3) is 2.36. The lowest BCUT2D eigenvalue weighted by Gasteiger charge is -2.38. The van der Waals surface area contributed by atoms with E-state index in [4.69, 9.17) is 9.47 Å². The Balaban J connectivity index is 1.26. The van der Waals surface area contributed by atoms with Gasteiger partial charge in [0.05, 0.1) is 24.7 Å². The summed E-state index contributed by atoms with van der Waals surface area (Å²) in [4.78, 5) is 13.0. The van der Waals surface area contributed by atoms with E-state index in [1.54, 1.807) is 0 Å². The van der Waals surface area contributed by atoms with Gasteiger partial charge in [-0.15, -0.1) is 0 Å². The average Bonchev–Trinajstić information content (AvgIpc) is 3.39. The van der Waals surface area contributed by atoms with Gasteiger partial charge in [-0.25, -0.2) is 0 Å². The summed E-state index contributed by atoms with van der Waals surface area (Å²) < 4.78 is 11.9. The fourth-order valence-electron chi connectivity index (χ4n) is 7.04. The van der Waals surface area contributed by atoms with Gasteiger partial charge in [0.25, 0.3) is 0 Å². The summed E-state index contributed by atoms with van der Waals surface area (Å²) in [5, 5.41) is 9.28. The SMILES string of the molecule is CC(C)(OC(=O)C1CC2CC1C1C3C=CC(C3)C21)C1CCC(CO)O1. The minimum absolute atomic E-state index is 0.00116. The van der Waals surface area contributed by atoms with Crippen LogP contribution in [0.15, 0.2) is 12.2 Å². The van der Waals surface area contributed by atoms with Gasteiger partial charge < -0.3 is 14.6 Å². The van der Waals surface area contributed by atoms with E-state index in [9.17, 15) is 9.90 Å². The molecule has 0 radical (unpaired) electrons. The first-order valence-electron chi connectivity index (χ1n) is 10.2. The Morgan fingerprint density at radius 3 is 2.64 bits per heavy atom. The van der Waals surface area contributed by atoms with Crippen molar-refractivity contribution in [3.63, 3.8) is 0 Å². The van der Waals surface area contributed by atoms with Crippen LogP contribution in [0.2, 0.25) is 0 Å². The Morgan fingerprint density at radius 2 is 1.92 bits per heavy atom. The molecule has 9 unspecified atom stereocenters. The lowest BCUT2D eigenvalue weighted by Crippen LogP contribution is -2.44. The molecule has 0 aromatic carbocycles. The standard InChI is InChI=1S/C21H30O4/c1-21(2,17-6-5-14(10-22)24-17)25-20(23)16-9-13-8-15(16)19-12-4-3-11(7-12)18(13)19/h3-4,11-19,22H,5-10H2,1-2H3. The molecule has 4 fully saturated rings. The van der Waals surface area contributed by atoms with E-state index in [1.165, 1.54) is 12.8 Å². The molecule has 25 heavy (non-hydrogen) atoms. The van der Waals surface area contributed by atoms with Crippen LogP contribution in [0.4, 0.5) is 0 Å². The number of ether oxygens (including phenoxy) is 2. The fourth-order valence-corrected chi connectivity index (χ4v) is 7.04. The molecule has 3 saturated carbocycles. The zero-order chi connectivity index (χ0) is 17.3. The first-order valence-corrected chi connectivity index (χ1v) is 10.2. The summed E-state index contributed by atoms with van der Waals surface area (Å²) >= 11 is 0. The Kier molecular flexibility index (Phi) is 3.63. The molecule has 138 valence electrons. The fraction of sp³-hybridized carbons (Fsp3) is 0.857. The van der Waals surface area contributed by atoms with Gasteiger partial charge >= 0.3 is 5.97 Å². The average molecular weight is 346 g/mol. The van der Waals surface area contributed by atoms with Crippen LogP contribution in [-0.2, 0) is 14.3 Å². The zero-order valence-corrected chi connectivity index (χ0v) is 15.3. The summed E-state index contributed by atoms with van der Waals surface area (Å²) in [6.45, 7) is 3.98. The third-order valence-electron chi connectivity index (χ3n) is 8.02. The molecule has 0 aromatic heterocycles. The summed E-state index contributed by atoms with van der Waals surface area (Å²) in [6, 6.07) is 0. The maximum absolute atomic E-state index is 13.0. The third-order valence-corrected chi connectivity index (χ3v) is 8.02. The predicted molar refractivity (Wildman–Crippen MR) is 92.6 cm³/mol. The number of hydrogen-bond donors (Lipinski definition) is 1. The van der Waals surface area contributed by atoms with E-state index in [-0.39, 0.29) is 30.7 Å². The number of carbonyl (C=O) groups is 1. The van der Waals surface area contributed by atoms with Crippen molar-refractivity contribution >= 4 is 5.97 Å². The van der Waals surface area contributed by atoms with Gasteiger partial charge in [-0.3, -0.25) is 4.79 Å². The first-order chi connectivity index (χ1) is 12.0. The monoisotopic (exact) mass is 346 g/mol. The Morgan fingerprint density at radius 1 is 1.16 bits per heavy atom. The van der Waals surface area contributed by atoms with Crippen molar-refractivity contribution in [2.45, 2.75) is 63.8 Å². The molecule has 4 aliphatic carbocycles. The van der Waals surface area contributed by atoms with Crippen molar-refractivity contribution in [2.24, 2.45) is 41.4 Å². The van der Waals surface area contributed by atoms with Gasteiger partial charge in [-0.05, 0) is 81.5 Å². The van der Waals surface area contributed by atoms with E-state index in [2.05, 4.69) is 12.2 Å². The van der Waals surface area contributed by atoms with Crippen LogP contribution in [0.5, 0.6) is 0 Å². The summed E-state index contributed by atoms with van der Waals surface area (Å²) in [7, 11) is 0. The van der Waals surface area contributed by atoms with Crippen LogP contribution >= 0.6 is 0 Å². The highest BCUT2D eigenvalue weighted by Gasteiger charge is 2.62. The molecule has 0 amide bonds. The second kappa shape index (κ2) is 5.56. The minimum atomic E-state index is -0.614. The highest BCUT2D eigenvalue weighted by molar-refractivity contribution is 5.74. The van der Waals surface area contributed by atoms with Crippen LogP contribution in [-0.4, -0.2) is 35.5 Å². The highest BCUT2D eigenvalue weighted by atomic mass is 16.6. The normalized spacial score (nSPS) is 49.8. The van der Waals surface area contributed by atoms with Gasteiger partial charge in [-0.1, -0.05) is 12.2 Å². The van der Waals surface area contributed by atoms with Gasteiger partial charge in [0.2, 0.25) is 0 Å². The molecule has 9 atom stereocenters. The number of rotatable bonds is 4. The van der Waals surface area contributed by atoms with Crippen LogP contribution in [0, 0.1) is 41.4 Å². The Hall–Kier alpha value is -0.870. The lowest BCUT2D eigenvalue weighted by atomic mass is 9.69. The van der Waals surface area contributed by atoms with E-state index >= 15 is 0 Å². The molecule has 0 aromatic rings. The van der Waals surface area contributed by atoms with Crippen molar-refractivity contribution in [3.8, 4) is 0 Å². The molecule has 4 nitrogen and oxygen atoms in total. The van der Waals surface area contributed by atoms with Crippen LogP contribution in [0.25, 0.3) is 0 Å². The predicted octanol–water partition coefficient (Wildman–Crippen LogP) is 2.94. The summed E-state index contributed by atoms with van der Waals surface area (Å²) in [5.74, 6) is 4.45. The maximum Gasteiger partial charge on any atom is 0.309 e. The first kappa shape index (κ1) is 16.3. The molecule has 1 aliphatic heterocycles. The number of aliphatic hydroxyl groups is 1. The van der Waals surface area contributed by atoms with E-state index in [0.29, 0.717) is 5.92 Å².